The van der Waals surface area contributed by atoms with Gasteiger partial charge in [-0.1, -0.05) is 25.5 Å². The second-order valence-electron chi connectivity index (χ2n) is 5.80. The van der Waals surface area contributed by atoms with Crippen LogP contribution in [0.4, 0.5) is 0 Å². The fourth-order valence-corrected chi connectivity index (χ4v) is 4.41. The standard InChI is InChI=1S/C16H26N2O3S/c1-4-5-11-22(19,20)18-10-9-17(2)16(13-18)14-7-6-8-15(12-14)21-3/h6-8,12,16H,4-5,9-11,13H2,1-3H3. The first-order valence-electron chi connectivity index (χ1n) is 7.80. The molecule has 22 heavy (non-hydrogen) atoms. The Morgan fingerprint density at radius 2 is 2.09 bits per heavy atom. The second kappa shape index (κ2) is 7.44. The molecule has 1 heterocycles. The van der Waals surface area contributed by atoms with Gasteiger partial charge in [0.1, 0.15) is 5.75 Å². The van der Waals surface area contributed by atoms with Gasteiger partial charge in [-0.2, -0.15) is 4.31 Å². The van der Waals surface area contributed by atoms with Crippen LogP contribution >= 0.6 is 0 Å². The Kier molecular flexibility index (Phi) is 5.83. The monoisotopic (exact) mass is 326 g/mol. The van der Waals surface area contributed by atoms with Gasteiger partial charge in [-0.25, -0.2) is 8.42 Å². The van der Waals surface area contributed by atoms with Crippen LogP contribution in [0.5, 0.6) is 5.75 Å². The molecule has 6 heteroatoms. The highest BCUT2D eigenvalue weighted by Crippen LogP contribution is 2.28. The topological polar surface area (TPSA) is 49.9 Å². The summed E-state index contributed by atoms with van der Waals surface area (Å²) in [6.07, 6.45) is 1.62. The Morgan fingerprint density at radius 1 is 1.32 bits per heavy atom. The Hall–Kier alpha value is -1.11. The molecule has 1 aromatic rings. The predicted molar refractivity (Wildman–Crippen MR) is 88.6 cm³/mol. The highest BCUT2D eigenvalue weighted by molar-refractivity contribution is 7.89. The quantitative estimate of drug-likeness (QED) is 0.803. The van der Waals surface area contributed by atoms with Crippen molar-refractivity contribution in [3.05, 3.63) is 29.8 Å². The van der Waals surface area contributed by atoms with E-state index in [1.54, 1.807) is 11.4 Å². The molecule has 1 saturated heterocycles. The number of ether oxygens (including phenoxy) is 1. The molecule has 1 aromatic carbocycles. The van der Waals surface area contributed by atoms with Gasteiger partial charge in [-0.3, -0.25) is 4.90 Å². The number of likely N-dealkylation sites (N-methyl/N-ethyl adjacent to an activating group) is 1. The lowest BCUT2D eigenvalue weighted by atomic mass is 10.0. The normalized spacial score (nSPS) is 21.0. The number of methoxy groups -OCH3 is 1. The van der Waals surface area contributed by atoms with Gasteiger partial charge in [-0.15, -0.1) is 0 Å². The fourth-order valence-electron chi connectivity index (χ4n) is 2.77. The molecule has 2 rings (SSSR count). The number of piperazine rings is 1. The first-order valence-corrected chi connectivity index (χ1v) is 9.41. The van der Waals surface area contributed by atoms with E-state index >= 15 is 0 Å². The number of rotatable bonds is 6. The summed E-state index contributed by atoms with van der Waals surface area (Å²) in [5.74, 6) is 1.05. The number of hydrogen-bond acceptors (Lipinski definition) is 4. The smallest absolute Gasteiger partial charge is 0.214 e. The molecule has 1 unspecified atom stereocenters. The van der Waals surface area contributed by atoms with Crippen molar-refractivity contribution in [2.45, 2.75) is 25.8 Å². The van der Waals surface area contributed by atoms with E-state index in [1.807, 2.05) is 38.2 Å². The van der Waals surface area contributed by atoms with E-state index < -0.39 is 10.0 Å². The van der Waals surface area contributed by atoms with Crippen LogP contribution in [0.3, 0.4) is 0 Å². The molecular formula is C16H26N2O3S. The summed E-state index contributed by atoms with van der Waals surface area (Å²) in [4.78, 5) is 2.21. The van der Waals surface area contributed by atoms with E-state index in [0.717, 1.165) is 30.7 Å². The van der Waals surface area contributed by atoms with Crippen molar-refractivity contribution in [3.63, 3.8) is 0 Å². The van der Waals surface area contributed by atoms with Crippen molar-refractivity contribution in [2.24, 2.45) is 0 Å². The van der Waals surface area contributed by atoms with Crippen LogP contribution in [-0.2, 0) is 10.0 Å². The summed E-state index contributed by atoms with van der Waals surface area (Å²) < 4.78 is 31.8. The second-order valence-corrected chi connectivity index (χ2v) is 7.89. The van der Waals surface area contributed by atoms with Crippen LogP contribution in [0.15, 0.2) is 24.3 Å². The molecule has 5 nitrogen and oxygen atoms in total. The number of nitrogens with zero attached hydrogens (tertiary/aromatic N) is 2. The minimum atomic E-state index is -3.15. The van der Waals surface area contributed by atoms with E-state index in [4.69, 9.17) is 4.74 Å². The SMILES string of the molecule is CCCCS(=O)(=O)N1CCN(C)C(c2cccc(OC)c2)C1. The largest absolute Gasteiger partial charge is 0.497 e. The minimum Gasteiger partial charge on any atom is -0.497 e. The lowest BCUT2D eigenvalue weighted by Crippen LogP contribution is -2.49. The maximum atomic E-state index is 12.4. The molecule has 124 valence electrons. The molecule has 1 fully saturated rings. The molecule has 0 saturated carbocycles. The van der Waals surface area contributed by atoms with Crippen molar-refractivity contribution in [1.29, 1.82) is 0 Å². The van der Waals surface area contributed by atoms with Gasteiger partial charge in [-0.05, 0) is 31.2 Å². The fraction of sp³-hybridized carbons (Fsp3) is 0.625. The third kappa shape index (κ3) is 4.00. The molecule has 1 aliphatic rings. The van der Waals surface area contributed by atoms with Gasteiger partial charge in [0.15, 0.2) is 0 Å². The molecular weight excluding hydrogens is 300 g/mol. The van der Waals surface area contributed by atoms with Crippen molar-refractivity contribution in [1.82, 2.24) is 9.21 Å². The summed E-state index contributed by atoms with van der Waals surface area (Å²) in [6.45, 7) is 3.84. The minimum absolute atomic E-state index is 0.0697. The van der Waals surface area contributed by atoms with Crippen LogP contribution in [0.1, 0.15) is 31.4 Å². The molecule has 0 aliphatic carbocycles. The van der Waals surface area contributed by atoms with Gasteiger partial charge in [0.25, 0.3) is 0 Å². The molecule has 1 atom stereocenters. The van der Waals surface area contributed by atoms with Crippen molar-refractivity contribution >= 4 is 10.0 Å². The third-order valence-electron chi connectivity index (χ3n) is 4.24. The molecule has 0 spiro atoms. The maximum Gasteiger partial charge on any atom is 0.214 e. The summed E-state index contributed by atoms with van der Waals surface area (Å²) in [5.41, 5.74) is 1.09. The highest BCUT2D eigenvalue weighted by atomic mass is 32.2. The Bertz CT molecular complexity index is 589. The predicted octanol–water partition coefficient (Wildman–Crippen LogP) is 2.11. The van der Waals surface area contributed by atoms with Crippen LogP contribution in [0.2, 0.25) is 0 Å². The van der Waals surface area contributed by atoms with Gasteiger partial charge in [0, 0.05) is 25.7 Å². The Labute approximate surface area is 133 Å². The van der Waals surface area contributed by atoms with Crippen molar-refractivity contribution in [2.75, 3.05) is 39.5 Å². The lowest BCUT2D eigenvalue weighted by Gasteiger charge is -2.39. The summed E-state index contributed by atoms with van der Waals surface area (Å²) >= 11 is 0. The average Bonchev–Trinajstić information content (AvgIpc) is 2.53. The van der Waals surface area contributed by atoms with Gasteiger partial charge in [0.2, 0.25) is 10.0 Å². The zero-order chi connectivity index (χ0) is 16.2. The summed E-state index contributed by atoms with van der Waals surface area (Å²) in [6, 6.07) is 7.95. The van der Waals surface area contributed by atoms with E-state index in [9.17, 15) is 8.42 Å². The molecule has 1 aliphatic heterocycles. The van der Waals surface area contributed by atoms with Crippen LogP contribution in [0, 0.1) is 0 Å². The highest BCUT2D eigenvalue weighted by Gasteiger charge is 2.32. The molecule has 0 radical (unpaired) electrons. The Balaban J connectivity index is 2.17. The van der Waals surface area contributed by atoms with Crippen molar-refractivity contribution < 1.29 is 13.2 Å². The first-order chi connectivity index (χ1) is 10.5. The lowest BCUT2D eigenvalue weighted by molar-refractivity contribution is 0.148. The number of hydrogen-bond donors (Lipinski definition) is 0. The number of benzene rings is 1. The summed E-state index contributed by atoms with van der Waals surface area (Å²) in [5, 5.41) is 0. The molecule has 0 aromatic heterocycles. The van der Waals surface area contributed by atoms with E-state index in [1.165, 1.54) is 0 Å². The van der Waals surface area contributed by atoms with Crippen LogP contribution in [0.25, 0.3) is 0 Å². The molecule has 0 bridgehead atoms. The number of unbranched alkanes of at least 4 members (excludes halogenated alkanes) is 1. The van der Waals surface area contributed by atoms with Crippen LogP contribution < -0.4 is 4.74 Å². The zero-order valence-corrected chi connectivity index (χ0v) is 14.5. The van der Waals surface area contributed by atoms with Crippen LogP contribution in [-0.4, -0.2) is 57.2 Å². The Morgan fingerprint density at radius 3 is 2.77 bits per heavy atom. The molecule has 0 N–H and O–H groups in total. The zero-order valence-electron chi connectivity index (χ0n) is 13.7. The molecule has 0 amide bonds. The van der Waals surface area contributed by atoms with E-state index in [0.29, 0.717) is 13.1 Å². The number of sulfonamides is 1. The third-order valence-corrected chi connectivity index (χ3v) is 6.16. The average molecular weight is 326 g/mol. The van der Waals surface area contributed by atoms with Gasteiger partial charge in [0.05, 0.1) is 12.9 Å². The van der Waals surface area contributed by atoms with Gasteiger partial charge < -0.3 is 4.74 Å². The first kappa shape index (κ1) is 17.2. The maximum absolute atomic E-state index is 12.4. The van der Waals surface area contributed by atoms with E-state index in [-0.39, 0.29) is 11.8 Å². The summed E-state index contributed by atoms with van der Waals surface area (Å²) in [7, 11) is 0.536. The van der Waals surface area contributed by atoms with E-state index in [2.05, 4.69) is 4.90 Å². The van der Waals surface area contributed by atoms with Gasteiger partial charge >= 0.3 is 0 Å². The van der Waals surface area contributed by atoms with Crippen molar-refractivity contribution in [3.8, 4) is 5.75 Å².